The standard InChI is InChI=1S/C18H17N5O/c1-18(2)10-12(11-20-23-18)7-8-13-9-15(21-22-17(13)19)14-5-3-4-6-16(14)24/h3-6,9-11,23-24H,1-2H3,(H2,19,22). The highest BCUT2D eigenvalue weighted by Crippen LogP contribution is 2.27. The first-order chi connectivity index (χ1) is 11.4. The molecule has 0 spiro atoms. The molecule has 0 unspecified atom stereocenters. The van der Waals surface area contributed by atoms with E-state index in [4.69, 9.17) is 5.73 Å². The van der Waals surface area contributed by atoms with Crippen molar-refractivity contribution in [2.24, 2.45) is 5.10 Å². The molecule has 1 aromatic heterocycles. The van der Waals surface area contributed by atoms with Crippen molar-refractivity contribution in [2.45, 2.75) is 19.4 Å². The second-order valence-electron chi connectivity index (χ2n) is 5.99. The summed E-state index contributed by atoms with van der Waals surface area (Å²) in [5.74, 6) is 6.42. The monoisotopic (exact) mass is 319 g/mol. The van der Waals surface area contributed by atoms with E-state index in [-0.39, 0.29) is 17.1 Å². The van der Waals surface area contributed by atoms with Gasteiger partial charge in [-0.3, -0.25) is 0 Å². The number of phenols is 1. The summed E-state index contributed by atoms with van der Waals surface area (Å²) in [5.41, 5.74) is 11.0. The third kappa shape index (κ3) is 3.36. The Hall–Kier alpha value is -3.33. The van der Waals surface area contributed by atoms with Gasteiger partial charge in [0.25, 0.3) is 0 Å². The number of benzene rings is 1. The second-order valence-corrected chi connectivity index (χ2v) is 5.99. The molecule has 1 aromatic carbocycles. The van der Waals surface area contributed by atoms with E-state index in [0.29, 0.717) is 16.8 Å². The molecule has 0 radical (unpaired) electrons. The molecule has 6 heteroatoms. The molecule has 3 rings (SSSR count). The van der Waals surface area contributed by atoms with Gasteiger partial charge in [-0.05, 0) is 38.1 Å². The van der Waals surface area contributed by atoms with Crippen molar-refractivity contribution in [3.63, 3.8) is 0 Å². The first-order valence-corrected chi connectivity index (χ1v) is 7.41. The van der Waals surface area contributed by atoms with Crippen LogP contribution in [0.3, 0.4) is 0 Å². The summed E-state index contributed by atoms with van der Waals surface area (Å²) in [6.45, 7) is 4.01. The van der Waals surface area contributed by atoms with Gasteiger partial charge in [0.15, 0.2) is 5.82 Å². The fourth-order valence-corrected chi connectivity index (χ4v) is 2.26. The van der Waals surface area contributed by atoms with Gasteiger partial charge in [-0.1, -0.05) is 24.0 Å². The number of hydrogen-bond acceptors (Lipinski definition) is 6. The molecule has 24 heavy (non-hydrogen) atoms. The molecule has 1 aliphatic heterocycles. The van der Waals surface area contributed by atoms with Crippen molar-refractivity contribution in [3.05, 3.63) is 47.5 Å². The van der Waals surface area contributed by atoms with E-state index in [1.807, 2.05) is 26.0 Å². The van der Waals surface area contributed by atoms with Crippen molar-refractivity contribution in [1.82, 2.24) is 15.6 Å². The number of anilines is 1. The number of para-hydroxylation sites is 1. The molecular weight excluding hydrogens is 302 g/mol. The first-order valence-electron chi connectivity index (χ1n) is 7.41. The number of allylic oxidation sites excluding steroid dienone is 1. The van der Waals surface area contributed by atoms with E-state index in [0.717, 1.165) is 5.57 Å². The van der Waals surface area contributed by atoms with Gasteiger partial charge < -0.3 is 16.3 Å². The maximum Gasteiger partial charge on any atom is 0.161 e. The molecule has 0 amide bonds. The van der Waals surface area contributed by atoms with Gasteiger partial charge in [0, 0.05) is 11.1 Å². The number of nitrogens with zero attached hydrogens (tertiary/aromatic N) is 3. The van der Waals surface area contributed by atoms with Crippen molar-refractivity contribution in [3.8, 4) is 28.8 Å². The van der Waals surface area contributed by atoms with Crippen LogP contribution in [0.25, 0.3) is 11.3 Å². The number of nitrogens with one attached hydrogen (secondary N) is 1. The maximum atomic E-state index is 9.95. The van der Waals surface area contributed by atoms with E-state index < -0.39 is 0 Å². The molecule has 2 aromatic rings. The predicted octanol–water partition coefficient (Wildman–Crippen LogP) is 2.08. The van der Waals surface area contributed by atoms with E-state index in [1.165, 1.54) is 0 Å². The summed E-state index contributed by atoms with van der Waals surface area (Å²) in [6, 6.07) is 8.63. The molecular formula is C18H17N5O. The summed E-state index contributed by atoms with van der Waals surface area (Å²) in [6.07, 6.45) is 3.65. The van der Waals surface area contributed by atoms with Crippen LogP contribution in [-0.2, 0) is 0 Å². The molecule has 6 nitrogen and oxygen atoms in total. The molecule has 120 valence electrons. The Morgan fingerprint density at radius 3 is 2.71 bits per heavy atom. The van der Waals surface area contributed by atoms with Gasteiger partial charge in [-0.15, -0.1) is 10.2 Å². The SMILES string of the molecule is CC1(C)C=C(C#Cc2cc(-c3ccccc3O)nnc2N)C=NN1. The topological polar surface area (TPSA) is 96.4 Å². The highest BCUT2D eigenvalue weighted by Gasteiger charge is 2.16. The number of nitrogen functional groups attached to an aromatic ring is 1. The van der Waals surface area contributed by atoms with E-state index in [1.54, 1.807) is 30.5 Å². The van der Waals surface area contributed by atoms with Gasteiger partial charge in [0.05, 0.1) is 23.0 Å². The fraction of sp³-hybridized carbons (Fsp3) is 0.167. The normalized spacial score (nSPS) is 15.0. The summed E-state index contributed by atoms with van der Waals surface area (Å²) in [5, 5.41) is 22.0. The van der Waals surface area contributed by atoms with Crippen LogP contribution in [0.2, 0.25) is 0 Å². The first kappa shape index (κ1) is 15.6. The van der Waals surface area contributed by atoms with Crippen molar-refractivity contribution in [1.29, 1.82) is 0 Å². The minimum absolute atomic E-state index is 0.130. The van der Waals surface area contributed by atoms with Crippen molar-refractivity contribution < 1.29 is 5.11 Å². The van der Waals surface area contributed by atoms with Crippen LogP contribution in [0.1, 0.15) is 19.4 Å². The van der Waals surface area contributed by atoms with Gasteiger partial charge >= 0.3 is 0 Å². The molecule has 1 aliphatic rings. The van der Waals surface area contributed by atoms with Crippen LogP contribution in [0.5, 0.6) is 5.75 Å². The average Bonchev–Trinajstić information content (AvgIpc) is 2.54. The lowest BCUT2D eigenvalue weighted by molar-refractivity contribution is 0.477. The molecule has 0 saturated carbocycles. The van der Waals surface area contributed by atoms with Crippen molar-refractivity contribution >= 4 is 12.0 Å². The average molecular weight is 319 g/mol. The van der Waals surface area contributed by atoms with Crippen LogP contribution in [0.4, 0.5) is 5.82 Å². The molecule has 0 aliphatic carbocycles. The second kappa shape index (κ2) is 6.05. The predicted molar refractivity (Wildman–Crippen MR) is 94.2 cm³/mol. The molecule has 4 N–H and O–H groups in total. The zero-order valence-corrected chi connectivity index (χ0v) is 13.4. The van der Waals surface area contributed by atoms with Crippen molar-refractivity contribution in [2.75, 3.05) is 5.73 Å². The zero-order valence-electron chi connectivity index (χ0n) is 13.4. The Morgan fingerprint density at radius 1 is 1.17 bits per heavy atom. The van der Waals surface area contributed by atoms with Gasteiger partial charge in [0.2, 0.25) is 0 Å². The number of aromatic nitrogens is 2. The fourth-order valence-electron chi connectivity index (χ4n) is 2.26. The summed E-state index contributed by atoms with van der Waals surface area (Å²) in [7, 11) is 0. The lowest BCUT2D eigenvalue weighted by atomic mass is 10.0. The van der Waals surface area contributed by atoms with Crippen LogP contribution in [0.15, 0.2) is 47.1 Å². The van der Waals surface area contributed by atoms with Gasteiger partial charge in [-0.25, -0.2) is 0 Å². The molecule has 0 saturated heterocycles. The number of rotatable bonds is 1. The lowest BCUT2D eigenvalue weighted by Crippen LogP contribution is -2.35. The third-order valence-corrected chi connectivity index (χ3v) is 3.42. The smallest absolute Gasteiger partial charge is 0.161 e. The number of nitrogens with two attached hydrogens (primary N) is 1. The minimum atomic E-state index is -0.248. The highest BCUT2D eigenvalue weighted by atomic mass is 16.3. The summed E-state index contributed by atoms with van der Waals surface area (Å²) >= 11 is 0. The molecule has 0 fully saturated rings. The Morgan fingerprint density at radius 2 is 1.96 bits per heavy atom. The highest BCUT2D eigenvalue weighted by molar-refractivity contribution is 5.86. The Labute approximate surface area is 140 Å². The Bertz CT molecular complexity index is 903. The summed E-state index contributed by atoms with van der Waals surface area (Å²) < 4.78 is 0. The van der Waals surface area contributed by atoms with Gasteiger partial charge in [0.1, 0.15) is 5.75 Å². The third-order valence-electron chi connectivity index (χ3n) is 3.42. The number of phenolic OH excluding ortho intramolecular Hbond substituents is 1. The van der Waals surface area contributed by atoms with E-state index >= 15 is 0 Å². The quantitative estimate of drug-likeness (QED) is 0.699. The number of aromatic hydroxyl groups is 1. The van der Waals surface area contributed by atoms with Crippen LogP contribution in [-0.4, -0.2) is 27.1 Å². The van der Waals surface area contributed by atoms with Crippen LogP contribution in [0, 0.1) is 11.8 Å². The number of hydrogen-bond donors (Lipinski definition) is 3. The van der Waals surface area contributed by atoms with Crippen LogP contribution < -0.4 is 11.2 Å². The largest absolute Gasteiger partial charge is 0.507 e. The lowest BCUT2D eigenvalue weighted by Gasteiger charge is -2.22. The molecule has 2 heterocycles. The summed E-state index contributed by atoms with van der Waals surface area (Å²) in [4.78, 5) is 0. The minimum Gasteiger partial charge on any atom is -0.507 e. The maximum absolute atomic E-state index is 9.95. The van der Waals surface area contributed by atoms with E-state index in [9.17, 15) is 5.11 Å². The van der Waals surface area contributed by atoms with Crippen LogP contribution >= 0.6 is 0 Å². The van der Waals surface area contributed by atoms with Gasteiger partial charge in [-0.2, -0.15) is 5.10 Å². The van der Waals surface area contributed by atoms with E-state index in [2.05, 4.69) is 32.6 Å². The molecule has 0 atom stereocenters. The molecule has 0 bridgehead atoms. The Kier molecular flexibility index (Phi) is 3.92. The zero-order chi connectivity index (χ0) is 17.2. The number of hydrazone groups is 1. The Balaban J connectivity index is 1.97.